The zero-order valence-electron chi connectivity index (χ0n) is 18.6. The van der Waals surface area contributed by atoms with Gasteiger partial charge in [-0.3, -0.25) is 29.9 Å². The van der Waals surface area contributed by atoms with Crippen LogP contribution in [0.2, 0.25) is 5.02 Å². The van der Waals surface area contributed by atoms with Gasteiger partial charge in [0, 0.05) is 41.3 Å². The van der Waals surface area contributed by atoms with E-state index in [4.69, 9.17) is 23.8 Å². The lowest BCUT2D eigenvalue weighted by Gasteiger charge is -2.29. The van der Waals surface area contributed by atoms with Crippen LogP contribution < -0.4 is 10.2 Å². The van der Waals surface area contributed by atoms with E-state index in [1.807, 2.05) is 35.0 Å². The fourth-order valence-corrected chi connectivity index (χ4v) is 4.65. The lowest BCUT2D eigenvalue weighted by atomic mass is 10.1. The SMILES string of the molecule is O=C1NC(=S)N(c2ccccc2Cl)C(=O)/C1=C/c1cn(Cc2cccc([N+](=O)[O-])c2)c2ccccc12. The van der Waals surface area contributed by atoms with Crippen LogP contribution in [0, 0.1) is 10.1 Å². The number of amides is 2. The number of nitrogens with one attached hydrogen (secondary N) is 1. The number of hydrogen-bond acceptors (Lipinski definition) is 5. The first-order valence-electron chi connectivity index (χ1n) is 10.8. The highest BCUT2D eigenvalue weighted by molar-refractivity contribution is 7.80. The van der Waals surface area contributed by atoms with Crippen LogP contribution in [0.15, 0.2) is 84.6 Å². The standard InChI is InChI=1S/C26H17ClN4O4S/c27-21-9-2-4-11-23(21)30-25(33)20(24(32)28-26(30)36)13-17-15-29(22-10-3-1-8-19(17)22)14-16-6-5-7-18(12-16)31(34)35/h1-13,15H,14H2,(H,28,32,36)/b20-13+. The summed E-state index contributed by atoms with van der Waals surface area (Å²) in [6.45, 7) is 0.362. The number of rotatable bonds is 5. The molecule has 0 aliphatic carbocycles. The number of nitro benzene ring substituents is 1. The number of hydrogen-bond donors (Lipinski definition) is 1. The van der Waals surface area contributed by atoms with E-state index in [2.05, 4.69) is 5.32 Å². The fourth-order valence-electron chi connectivity index (χ4n) is 4.15. The Morgan fingerprint density at radius 2 is 1.78 bits per heavy atom. The van der Waals surface area contributed by atoms with Crippen LogP contribution in [-0.2, 0) is 16.1 Å². The van der Waals surface area contributed by atoms with Gasteiger partial charge in [0.1, 0.15) is 5.57 Å². The molecule has 1 aliphatic rings. The normalized spacial score (nSPS) is 15.0. The zero-order chi connectivity index (χ0) is 25.4. The predicted octanol–water partition coefficient (Wildman–Crippen LogP) is 5.08. The lowest BCUT2D eigenvalue weighted by molar-refractivity contribution is -0.384. The van der Waals surface area contributed by atoms with Gasteiger partial charge in [0.05, 0.1) is 15.6 Å². The van der Waals surface area contributed by atoms with E-state index in [1.165, 1.54) is 23.1 Å². The number of para-hydroxylation sites is 2. The number of benzene rings is 3. The third-order valence-electron chi connectivity index (χ3n) is 5.79. The second kappa shape index (κ2) is 9.37. The molecule has 0 unspecified atom stereocenters. The summed E-state index contributed by atoms with van der Waals surface area (Å²) < 4.78 is 1.92. The average molecular weight is 517 g/mol. The van der Waals surface area contributed by atoms with Crippen molar-refractivity contribution in [1.29, 1.82) is 0 Å². The maximum Gasteiger partial charge on any atom is 0.270 e. The number of carbonyl (C=O) groups is 2. The summed E-state index contributed by atoms with van der Waals surface area (Å²) in [7, 11) is 0. The van der Waals surface area contributed by atoms with Gasteiger partial charge in [0.25, 0.3) is 17.5 Å². The van der Waals surface area contributed by atoms with Crippen LogP contribution in [0.25, 0.3) is 17.0 Å². The Bertz CT molecular complexity index is 1610. The van der Waals surface area contributed by atoms with Crippen LogP contribution >= 0.6 is 23.8 Å². The Morgan fingerprint density at radius 3 is 2.56 bits per heavy atom. The number of fused-ring (bicyclic) bond motifs is 1. The molecular weight excluding hydrogens is 500 g/mol. The summed E-state index contributed by atoms with van der Waals surface area (Å²) in [4.78, 5) is 38.2. The first kappa shape index (κ1) is 23.4. The van der Waals surface area contributed by atoms with Gasteiger partial charge in [-0.05, 0) is 42.1 Å². The first-order valence-corrected chi connectivity index (χ1v) is 11.6. The van der Waals surface area contributed by atoms with Crippen molar-refractivity contribution < 1.29 is 14.5 Å². The van der Waals surface area contributed by atoms with Crippen LogP contribution in [-0.4, -0.2) is 26.4 Å². The quantitative estimate of drug-likeness (QED) is 0.131. The second-order valence-electron chi connectivity index (χ2n) is 8.07. The van der Waals surface area contributed by atoms with E-state index < -0.39 is 16.7 Å². The third kappa shape index (κ3) is 4.26. The molecule has 0 saturated carbocycles. The molecule has 1 saturated heterocycles. The molecule has 8 nitrogen and oxygen atoms in total. The molecule has 10 heteroatoms. The number of thiocarbonyl (C=S) groups is 1. The molecule has 0 spiro atoms. The number of nitrogens with zero attached hydrogens (tertiary/aromatic N) is 3. The smallest absolute Gasteiger partial charge is 0.270 e. The van der Waals surface area contributed by atoms with Crippen molar-refractivity contribution in [3.63, 3.8) is 0 Å². The topological polar surface area (TPSA) is 97.5 Å². The Balaban J connectivity index is 1.57. The molecule has 1 aliphatic heterocycles. The summed E-state index contributed by atoms with van der Waals surface area (Å²) in [5.41, 5.74) is 2.51. The molecule has 3 aromatic carbocycles. The van der Waals surface area contributed by atoms with Gasteiger partial charge < -0.3 is 4.57 Å². The van der Waals surface area contributed by atoms with E-state index in [-0.39, 0.29) is 16.4 Å². The van der Waals surface area contributed by atoms with Crippen LogP contribution in [0.3, 0.4) is 0 Å². The van der Waals surface area contributed by atoms with Crippen molar-refractivity contribution in [3.05, 3.63) is 111 Å². The lowest BCUT2D eigenvalue weighted by Crippen LogP contribution is -2.54. The molecule has 1 fully saturated rings. The predicted molar refractivity (Wildman–Crippen MR) is 142 cm³/mol. The summed E-state index contributed by atoms with van der Waals surface area (Å²) in [5, 5.41) is 14.8. The van der Waals surface area contributed by atoms with Gasteiger partial charge in [-0.1, -0.05) is 54.1 Å². The van der Waals surface area contributed by atoms with Gasteiger partial charge in [0.15, 0.2) is 5.11 Å². The summed E-state index contributed by atoms with van der Waals surface area (Å²) in [6.07, 6.45) is 3.33. The number of aromatic nitrogens is 1. The van der Waals surface area contributed by atoms with Crippen molar-refractivity contribution >= 4 is 69.1 Å². The van der Waals surface area contributed by atoms with E-state index in [0.717, 1.165) is 16.5 Å². The molecule has 2 heterocycles. The molecule has 1 aromatic heterocycles. The van der Waals surface area contributed by atoms with E-state index >= 15 is 0 Å². The highest BCUT2D eigenvalue weighted by Crippen LogP contribution is 2.30. The molecule has 2 amide bonds. The Labute approximate surface area is 215 Å². The van der Waals surface area contributed by atoms with Crippen molar-refractivity contribution in [2.24, 2.45) is 0 Å². The highest BCUT2D eigenvalue weighted by Gasteiger charge is 2.35. The average Bonchev–Trinajstić information content (AvgIpc) is 3.20. The fraction of sp³-hybridized carbons (Fsp3) is 0.0385. The third-order valence-corrected chi connectivity index (χ3v) is 6.39. The maximum absolute atomic E-state index is 13.4. The number of carbonyl (C=O) groups excluding carboxylic acids is 2. The number of non-ortho nitro benzene ring substituents is 1. The van der Waals surface area contributed by atoms with Crippen molar-refractivity contribution in [1.82, 2.24) is 9.88 Å². The van der Waals surface area contributed by atoms with Gasteiger partial charge >= 0.3 is 0 Å². The second-order valence-corrected chi connectivity index (χ2v) is 8.86. The molecule has 0 radical (unpaired) electrons. The van der Waals surface area contributed by atoms with Gasteiger partial charge in [-0.2, -0.15) is 0 Å². The Morgan fingerprint density at radius 1 is 1.03 bits per heavy atom. The molecular formula is C26H17ClN4O4S. The molecule has 36 heavy (non-hydrogen) atoms. The van der Waals surface area contributed by atoms with Crippen molar-refractivity contribution in [2.75, 3.05) is 4.90 Å². The minimum absolute atomic E-state index is 0.00593. The summed E-state index contributed by atoms with van der Waals surface area (Å²) >= 11 is 11.5. The molecule has 5 rings (SSSR count). The van der Waals surface area contributed by atoms with Gasteiger partial charge in [0.2, 0.25) is 0 Å². The zero-order valence-corrected chi connectivity index (χ0v) is 20.1. The molecule has 4 aromatic rings. The molecule has 178 valence electrons. The van der Waals surface area contributed by atoms with Crippen LogP contribution in [0.4, 0.5) is 11.4 Å². The Kier molecular flexibility index (Phi) is 6.09. The van der Waals surface area contributed by atoms with Crippen molar-refractivity contribution in [2.45, 2.75) is 6.54 Å². The van der Waals surface area contributed by atoms with E-state index in [0.29, 0.717) is 22.8 Å². The van der Waals surface area contributed by atoms with Crippen LogP contribution in [0.5, 0.6) is 0 Å². The maximum atomic E-state index is 13.4. The molecule has 0 atom stereocenters. The number of nitro groups is 1. The van der Waals surface area contributed by atoms with E-state index in [1.54, 1.807) is 36.4 Å². The largest absolute Gasteiger partial charge is 0.342 e. The highest BCUT2D eigenvalue weighted by atomic mass is 35.5. The van der Waals surface area contributed by atoms with E-state index in [9.17, 15) is 19.7 Å². The monoisotopic (exact) mass is 516 g/mol. The molecule has 1 N–H and O–H groups in total. The van der Waals surface area contributed by atoms with Gasteiger partial charge in [-0.15, -0.1) is 0 Å². The summed E-state index contributed by atoms with van der Waals surface area (Å²) in [5.74, 6) is -1.20. The van der Waals surface area contributed by atoms with Gasteiger partial charge in [-0.25, -0.2) is 0 Å². The Hall–Kier alpha value is -4.34. The number of halogens is 1. The minimum Gasteiger partial charge on any atom is -0.342 e. The summed E-state index contributed by atoms with van der Waals surface area (Å²) in [6, 6.07) is 20.7. The van der Waals surface area contributed by atoms with Crippen molar-refractivity contribution in [3.8, 4) is 0 Å². The molecule has 0 bridgehead atoms. The first-order chi connectivity index (χ1) is 17.3. The minimum atomic E-state index is -0.608. The van der Waals surface area contributed by atoms with Crippen LogP contribution in [0.1, 0.15) is 11.1 Å². The number of anilines is 1.